The molecule has 1 heterocycles. The van der Waals surface area contributed by atoms with Crippen LogP contribution in [0.1, 0.15) is 17.3 Å². The topological polar surface area (TPSA) is 48.7 Å². The van der Waals surface area contributed by atoms with Crippen molar-refractivity contribution in [1.82, 2.24) is 4.98 Å². The molecule has 0 aliphatic carbocycles. The van der Waals surface area contributed by atoms with Crippen molar-refractivity contribution in [2.24, 2.45) is 0 Å². The summed E-state index contributed by atoms with van der Waals surface area (Å²) in [5.74, 6) is -0.300. The molecular formula is C14H12FN3. The van der Waals surface area contributed by atoms with E-state index in [9.17, 15) is 4.39 Å². The summed E-state index contributed by atoms with van der Waals surface area (Å²) in [6.45, 7) is 1.89. The Morgan fingerprint density at radius 3 is 2.50 bits per heavy atom. The lowest BCUT2D eigenvalue weighted by atomic mass is 10.1. The molecule has 0 bridgehead atoms. The highest BCUT2D eigenvalue weighted by molar-refractivity contribution is 5.47. The zero-order valence-corrected chi connectivity index (χ0v) is 9.89. The molecule has 90 valence electrons. The summed E-state index contributed by atoms with van der Waals surface area (Å²) in [4.78, 5) is 4.15. The van der Waals surface area contributed by atoms with E-state index < -0.39 is 6.04 Å². The first-order valence-corrected chi connectivity index (χ1v) is 5.53. The lowest BCUT2D eigenvalue weighted by molar-refractivity contribution is 0.628. The molecule has 0 fully saturated rings. The van der Waals surface area contributed by atoms with Crippen LogP contribution in [0.5, 0.6) is 0 Å². The fourth-order valence-electron chi connectivity index (χ4n) is 1.55. The van der Waals surface area contributed by atoms with Crippen molar-refractivity contribution < 1.29 is 4.39 Å². The molecule has 4 heteroatoms. The SMILES string of the molecule is Cc1ccc(C(C#N)Nc2ccc(F)cc2)cn1. The maximum Gasteiger partial charge on any atom is 0.141 e. The third-order valence-corrected chi connectivity index (χ3v) is 2.55. The molecule has 0 amide bonds. The predicted molar refractivity (Wildman–Crippen MR) is 67.4 cm³/mol. The van der Waals surface area contributed by atoms with Crippen LogP contribution in [-0.4, -0.2) is 4.98 Å². The number of pyridine rings is 1. The van der Waals surface area contributed by atoms with Crippen LogP contribution in [0.4, 0.5) is 10.1 Å². The highest BCUT2D eigenvalue weighted by atomic mass is 19.1. The number of nitrogens with one attached hydrogen (secondary N) is 1. The second kappa shape index (κ2) is 5.28. The molecule has 3 nitrogen and oxygen atoms in total. The normalized spacial score (nSPS) is 11.6. The van der Waals surface area contributed by atoms with Gasteiger partial charge in [-0.3, -0.25) is 4.98 Å². The molecule has 2 rings (SSSR count). The molecular weight excluding hydrogens is 229 g/mol. The van der Waals surface area contributed by atoms with Crippen LogP contribution in [0.2, 0.25) is 0 Å². The van der Waals surface area contributed by atoms with Gasteiger partial charge in [0, 0.05) is 23.1 Å². The number of aryl methyl sites for hydroxylation is 1. The lowest BCUT2D eigenvalue weighted by Crippen LogP contribution is -2.08. The summed E-state index contributed by atoms with van der Waals surface area (Å²) in [5.41, 5.74) is 2.38. The van der Waals surface area contributed by atoms with E-state index in [-0.39, 0.29) is 5.82 Å². The Balaban J connectivity index is 2.17. The second-order valence-electron chi connectivity index (χ2n) is 3.95. The van der Waals surface area contributed by atoms with Crippen molar-refractivity contribution in [3.8, 4) is 6.07 Å². The summed E-state index contributed by atoms with van der Waals surface area (Å²) >= 11 is 0. The summed E-state index contributed by atoms with van der Waals surface area (Å²) in [7, 11) is 0. The van der Waals surface area contributed by atoms with Gasteiger partial charge in [0.15, 0.2) is 0 Å². The first-order chi connectivity index (χ1) is 8.69. The van der Waals surface area contributed by atoms with E-state index in [0.29, 0.717) is 5.69 Å². The number of aromatic nitrogens is 1. The molecule has 1 aromatic heterocycles. The number of benzene rings is 1. The highest BCUT2D eigenvalue weighted by Gasteiger charge is 2.10. The maximum atomic E-state index is 12.8. The van der Waals surface area contributed by atoms with E-state index in [1.54, 1.807) is 18.3 Å². The van der Waals surface area contributed by atoms with Crippen LogP contribution < -0.4 is 5.32 Å². The number of halogens is 1. The van der Waals surface area contributed by atoms with E-state index in [1.807, 2.05) is 19.1 Å². The van der Waals surface area contributed by atoms with E-state index >= 15 is 0 Å². The van der Waals surface area contributed by atoms with Crippen molar-refractivity contribution >= 4 is 5.69 Å². The number of nitriles is 1. The standard InChI is InChI=1S/C14H12FN3/c1-10-2-3-11(9-17-10)14(8-16)18-13-6-4-12(15)5-7-13/h2-7,9,14,18H,1H3. The van der Waals surface area contributed by atoms with Crippen molar-refractivity contribution in [1.29, 1.82) is 5.26 Å². The first kappa shape index (κ1) is 12.1. The van der Waals surface area contributed by atoms with Gasteiger partial charge in [-0.15, -0.1) is 0 Å². The Hall–Kier alpha value is -2.41. The van der Waals surface area contributed by atoms with Gasteiger partial charge in [0.2, 0.25) is 0 Å². The summed E-state index contributed by atoms with van der Waals surface area (Å²) < 4.78 is 12.8. The van der Waals surface area contributed by atoms with Gasteiger partial charge in [-0.25, -0.2) is 4.39 Å². The third kappa shape index (κ3) is 2.83. The molecule has 0 aliphatic heterocycles. The van der Waals surface area contributed by atoms with Gasteiger partial charge in [-0.1, -0.05) is 6.07 Å². The maximum absolute atomic E-state index is 12.8. The van der Waals surface area contributed by atoms with Crippen LogP contribution in [-0.2, 0) is 0 Å². The highest BCUT2D eigenvalue weighted by Crippen LogP contribution is 2.18. The van der Waals surface area contributed by atoms with Crippen LogP contribution in [0, 0.1) is 24.1 Å². The minimum Gasteiger partial charge on any atom is -0.366 e. The summed E-state index contributed by atoms with van der Waals surface area (Å²) in [5, 5.41) is 12.2. The van der Waals surface area contributed by atoms with Gasteiger partial charge in [0.25, 0.3) is 0 Å². The molecule has 18 heavy (non-hydrogen) atoms. The second-order valence-corrected chi connectivity index (χ2v) is 3.95. The molecule has 1 aromatic carbocycles. The molecule has 1 N–H and O–H groups in total. The number of hydrogen-bond donors (Lipinski definition) is 1. The van der Waals surface area contributed by atoms with Crippen molar-refractivity contribution in [3.63, 3.8) is 0 Å². The van der Waals surface area contributed by atoms with Crippen molar-refractivity contribution in [3.05, 3.63) is 59.7 Å². The minimum absolute atomic E-state index is 0.300. The fraction of sp³-hybridized carbons (Fsp3) is 0.143. The third-order valence-electron chi connectivity index (χ3n) is 2.55. The van der Waals surface area contributed by atoms with E-state index in [0.717, 1.165) is 11.3 Å². The van der Waals surface area contributed by atoms with Crippen molar-refractivity contribution in [2.75, 3.05) is 5.32 Å². The molecule has 0 aliphatic rings. The Kier molecular flexibility index (Phi) is 3.54. The van der Waals surface area contributed by atoms with Gasteiger partial charge in [0.05, 0.1) is 6.07 Å². The van der Waals surface area contributed by atoms with E-state index in [4.69, 9.17) is 5.26 Å². The minimum atomic E-state index is -0.497. The Morgan fingerprint density at radius 1 is 1.22 bits per heavy atom. The fourth-order valence-corrected chi connectivity index (χ4v) is 1.55. The predicted octanol–water partition coefficient (Wildman–Crippen LogP) is 3.21. The van der Waals surface area contributed by atoms with E-state index in [1.165, 1.54) is 12.1 Å². The number of rotatable bonds is 3. The molecule has 0 spiro atoms. The lowest BCUT2D eigenvalue weighted by Gasteiger charge is -2.13. The molecule has 0 saturated heterocycles. The average Bonchev–Trinajstić information content (AvgIpc) is 2.39. The summed E-state index contributed by atoms with van der Waals surface area (Å²) in [6, 6.07) is 11.3. The quantitative estimate of drug-likeness (QED) is 0.897. The Labute approximate surface area is 105 Å². The van der Waals surface area contributed by atoms with Gasteiger partial charge in [0.1, 0.15) is 11.9 Å². The number of anilines is 1. The molecule has 1 unspecified atom stereocenters. The molecule has 1 atom stereocenters. The van der Waals surface area contributed by atoms with Crippen LogP contribution in [0.25, 0.3) is 0 Å². The van der Waals surface area contributed by atoms with Gasteiger partial charge in [-0.05, 0) is 37.3 Å². The van der Waals surface area contributed by atoms with Crippen LogP contribution in [0.15, 0.2) is 42.6 Å². The zero-order chi connectivity index (χ0) is 13.0. The monoisotopic (exact) mass is 241 g/mol. The number of hydrogen-bond acceptors (Lipinski definition) is 3. The zero-order valence-electron chi connectivity index (χ0n) is 9.89. The largest absolute Gasteiger partial charge is 0.366 e. The van der Waals surface area contributed by atoms with Gasteiger partial charge in [-0.2, -0.15) is 5.26 Å². The van der Waals surface area contributed by atoms with Crippen LogP contribution in [0.3, 0.4) is 0 Å². The van der Waals surface area contributed by atoms with E-state index in [2.05, 4.69) is 16.4 Å². The Bertz CT molecular complexity index is 555. The molecule has 0 saturated carbocycles. The van der Waals surface area contributed by atoms with Gasteiger partial charge < -0.3 is 5.32 Å². The molecule has 2 aromatic rings. The Morgan fingerprint density at radius 2 is 1.94 bits per heavy atom. The first-order valence-electron chi connectivity index (χ1n) is 5.53. The average molecular weight is 241 g/mol. The summed E-state index contributed by atoms with van der Waals surface area (Å²) in [6.07, 6.45) is 1.67. The molecule has 0 radical (unpaired) electrons. The van der Waals surface area contributed by atoms with Gasteiger partial charge >= 0.3 is 0 Å². The number of nitrogens with zero attached hydrogens (tertiary/aromatic N) is 2. The van der Waals surface area contributed by atoms with Crippen molar-refractivity contribution in [2.45, 2.75) is 13.0 Å². The smallest absolute Gasteiger partial charge is 0.141 e. The van der Waals surface area contributed by atoms with Crippen LogP contribution >= 0.6 is 0 Å².